The first-order chi connectivity index (χ1) is 15.8. The van der Waals surface area contributed by atoms with Gasteiger partial charge in [0.2, 0.25) is 0 Å². The SMILES string of the molecule is COC(=C(OC)c1ccccc1OC)c1ccc(S(=O)(=O)[N+](C)(C(=O)O)S(N)(=O)=O)c(OC)c1. The minimum Gasteiger partial charge on any atom is -0.496 e. The minimum atomic E-state index is -5.16. The summed E-state index contributed by atoms with van der Waals surface area (Å²) in [6.07, 6.45) is -2.22. The predicted molar refractivity (Wildman–Crippen MR) is 121 cm³/mol. The number of ether oxygens (including phenoxy) is 4. The smallest absolute Gasteiger partial charge is 0.496 e. The van der Waals surface area contributed by atoms with Gasteiger partial charge in [0.05, 0.1) is 34.0 Å². The van der Waals surface area contributed by atoms with Gasteiger partial charge < -0.3 is 24.1 Å². The second kappa shape index (κ2) is 9.89. The average Bonchev–Trinajstić information content (AvgIpc) is 2.80. The largest absolute Gasteiger partial charge is 0.546 e. The van der Waals surface area contributed by atoms with E-state index in [9.17, 15) is 26.7 Å². The Labute approximate surface area is 197 Å². The zero-order chi connectivity index (χ0) is 25.9. The number of nitrogens with zero attached hydrogens (tertiary/aromatic N) is 1. The van der Waals surface area contributed by atoms with E-state index in [1.807, 2.05) is 0 Å². The van der Waals surface area contributed by atoms with E-state index >= 15 is 0 Å². The van der Waals surface area contributed by atoms with Crippen molar-refractivity contribution < 1.29 is 49.0 Å². The molecular weight excluding hydrogens is 492 g/mol. The van der Waals surface area contributed by atoms with Crippen LogP contribution in [0.25, 0.3) is 11.5 Å². The Kier molecular flexibility index (Phi) is 7.83. The van der Waals surface area contributed by atoms with E-state index in [0.29, 0.717) is 18.4 Å². The summed E-state index contributed by atoms with van der Waals surface area (Å²) in [5, 5.41) is 14.4. The molecule has 2 rings (SSSR count). The highest BCUT2D eigenvalue weighted by Crippen LogP contribution is 2.37. The van der Waals surface area contributed by atoms with Crippen molar-refractivity contribution in [2.24, 2.45) is 5.14 Å². The van der Waals surface area contributed by atoms with Crippen LogP contribution in [0.2, 0.25) is 0 Å². The van der Waals surface area contributed by atoms with E-state index in [4.69, 9.17) is 24.1 Å². The van der Waals surface area contributed by atoms with E-state index in [1.54, 1.807) is 24.3 Å². The fourth-order valence-corrected chi connectivity index (χ4v) is 5.83. The second-order valence-corrected chi connectivity index (χ2v) is 10.9. The molecule has 34 heavy (non-hydrogen) atoms. The molecule has 0 aliphatic carbocycles. The maximum absolute atomic E-state index is 13.1. The van der Waals surface area contributed by atoms with Crippen LogP contribution in [0.1, 0.15) is 11.1 Å². The molecule has 2 aromatic rings. The molecule has 0 aromatic heterocycles. The fourth-order valence-electron chi connectivity index (χ4n) is 3.06. The Hall–Kier alpha value is -3.33. The summed E-state index contributed by atoms with van der Waals surface area (Å²) in [4.78, 5) is 11.0. The quantitative estimate of drug-likeness (QED) is 0.284. The van der Waals surface area contributed by atoms with Gasteiger partial charge in [-0.1, -0.05) is 12.1 Å². The number of benzene rings is 2. The summed E-state index contributed by atoms with van der Waals surface area (Å²) < 4.78 is 69.3. The number of methoxy groups -OCH3 is 4. The normalized spacial score (nSPS) is 14.4. The molecule has 1 unspecified atom stereocenters. The molecule has 0 aliphatic heterocycles. The first kappa shape index (κ1) is 26.9. The summed E-state index contributed by atoms with van der Waals surface area (Å²) >= 11 is 0. The Morgan fingerprint density at radius 3 is 1.91 bits per heavy atom. The van der Waals surface area contributed by atoms with Gasteiger partial charge in [-0.2, -0.15) is 26.8 Å². The zero-order valence-corrected chi connectivity index (χ0v) is 20.6. The molecule has 0 bridgehead atoms. The molecule has 0 saturated heterocycles. The van der Waals surface area contributed by atoms with Crippen molar-refractivity contribution in [2.75, 3.05) is 35.5 Å². The Bertz CT molecular complexity index is 1340. The highest BCUT2D eigenvalue weighted by molar-refractivity contribution is 7.97. The lowest BCUT2D eigenvalue weighted by atomic mass is 10.1. The third-order valence-corrected chi connectivity index (χ3v) is 9.27. The van der Waals surface area contributed by atoms with E-state index in [-0.39, 0.29) is 22.8 Å². The van der Waals surface area contributed by atoms with Crippen LogP contribution in [0.3, 0.4) is 0 Å². The topological polar surface area (TPSA) is 169 Å². The van der Waals surface area contributed by atoms with Crippen LogP contribution < -0.4 is 14.6 Å². The van der Waals surface area contributed by atoms with Crippen molar-refractivity contribution in [2.45, 2.75) is 4.90 Å². The minimum absolute atomic E-state index is 0.163. The lowest BCUT2D eigenvalue weighted by molar-refractivity contribution is -0.564. The van der Waals surface area contributed by atoms with Crippen LogP contribution in [-0.2, 0) is 29.7 Å². The molecule has 186 valence electrons. The van der Waals surface area contributed by atoms with Crippen LogP contribution >= 0.6 is 0 Å². The zero-order valence-electron chi connectivity index (χ0n) is 19.0. The van der Waals surface area contributed by atoms with Crippen molar-refractivity contribution in [3.05, 3.63) is 53.6 Å². The van der Waals surface area contributed by atoms with Gasteiger partial charge >= 0.3 is 26.3 Å². The molecule has 2 aromatic carbocycles. The first-order valence-corrected chi connectivity index (χ1v) is 12.3. The number of hydrogen-bond donors (Lipinski definition) is 2. The number of carbonyl (C=O) groups is 1. The van der Waals surface area contributed by atoms with Crippen LogP contribution in [0, 0.1) is 0 Å². The number of rotatable bonds is 9. The number of sulfonamides is 1. The van der Waals surface area contributed by atoms with E-state index in [1.165, 1.54) is 33.5 Å². The van der Waals surface area contributed by atoms with Gasteiger partial charge in [-0.05, 0) is 33.6 Å². The standard InChI is InChI=1S/C20H24N2O10S2/c1-22(20(23)24,34(21,27)28)33(25,26)17-11-10-13(12-16(17)30-3)18(31-4)19(32-5)14-8-6-7-9-15(14)29-2/h6-12H,1-5H3,(H2-,21,23,24,27,28)/p+1. The molecule has 0 aliphatic rings. The predicted octanol–water partition coefficient (Wildman–Crippen LogP) is 1.84. The Morgan fingerprint density at radius 1 is 0.882 bits per heavy atom. The molecular formula is C20H25N2O10S2+. The average molecular weight is 518 g/mol. The number of hydrogen-bond acceptors (Lipinski definition) is 9. The number of quaternary nitrogens is 1. The number of amides is 1. The van der Waals surface area contributed by atoms with Crippen LogP contribution in [0.4, 0.5) is 4.79 Å². The summed E-state index contributed by atoms with van der Waals surface area (Å²) in [5.74, 6) is 0.531. The van der Waals surface area contributed by atoms with Gasteiger partial charge in [0, 0.05) is 5.56 Å². The molecule has 3 N–H and O–H groups in total. The summed E-state index contributed by atoms with van der Waals surface area (Å²) in [7, 11) is -4.50. The fraction of sp³-hybridized carbons (Fsp3) is 0.250. The van der Waals surface area contributed by atoms with Gasteiger partial charge in [0.15, 0.2) is 16.4 Å². The van der Waals surface area contributed by atoms with Crippen molar-refractivity contribution in [3.8, 4) is 11.5 Å². The molecule has 1 amide bonds. The van der Waals surface area contributed by atoms with Gasteiger partial charge in [-0.3, -0.25) is 0 Å². The molecule has 1 atom stereocenters. The van der Waals surface area contributed by atoms with Gasteiger partial charge in [-0.15, -0.1) is 0 Å². The number of para-hydroxylation sites is 1. The van der Waals surface area contributed by atoms with E-state index in [2.05, 4.69) is 0 Å². The second-order valence-electron chi connectivity index (χ2n) is 6.75. The highest BCUT2D eigenvalue weighted by Gasteiger charge is 2.57. The molecule has 0 saturated carbocycles. The third-order valence-electron chi connectivity index (χ3n) is 4.96. The van der Waals surface area contributed by atoms with E-state index in [0.717, 1.165) is 13.2 Å². The van der Waals surface area contributed by atoms with Gasteiger partial charge in [0.25, 0.3) is 0 Å². The molecule has 12 nitrogen and oxygen atoms in total. The lowest BCUT2D eigenvalue weighted by Crippen LogP contribution is -2.59. The van der Waals surface area contributed by atoms with Crippen LogP contribution in [0.5, 0.6) is 11.5 Å². The molecule has 14 heteroatoms. The molecule has 0 spiro atoms. The summed E-state index contributed by atoms with van der Waals surface area (Å²) in [6.45, 7) is 0. The van der Waals surface area contributed by atoms with Crippen molar-refractivity contribution in [1.29, 1.82) is 0 Å². The highest BCUT2D eigenvalue weighted by atomic mass is 32.3. The maximum Gasteiger partial charge on any atom is 0.546 e. The summed E-state index contributed by atoms with van der Waals surface area (Å²) in [6, 6.07) is 10.4. The summed E-state index contributed by atoms with van der Waals surface area (Å²) in [5.41, 5.74) is 0.811. The van der Waals surface area contributed by atoms with Crippen molar-refractivity contribution in [1.82, 2.24) is 0 Å². The van der Waals surface area contributed by atoms with Crippen LogP contribution in [-0.4, -0.2) is 66.8 Å². The maximum atomic E-state index is 13.1. The Balaban J connectivity index is 2.82. The van der Waals surface area contributed by atoms with Gasteiger partial charge in [-0.25, -0.2) is 0 Å². The molecule has 0 fully saturated rings. The van der Waals surface area contributed by atoms with Crippen LogP contribution in [0.15, 0.2) is 47.4 Å². The first-order valence-electron chi connectivity index (χ1n) is 9.34. The Morgan fingerprint density at radius 2 is 1.44 bits per heavy atom. The number of carboxylic acid groups (broad SMARTS) is 1. The van der Waals surface area contributed by atoms with Gasteiger partial charge in [0.1, 0.15) is 18.5 Å². The molecule has 0 heterocycles. The number of nitrogens with two attached hydrogens (primary N) is 1. The lowest BCUT2D eigenvalue weighted by Gasteiger charge is -2.24. The molecule has 0 radical (unpaired) electrons. The van der Waals surface area contributed by atoms with Crippen molar-refractivity contribution >= 4 is 37.8 Å². The third kappa shape index (κ3) is 4.40. The van der Waals surface area contributed by atoms with E-state index < -0.39 is 34.5 Å². The monoisotopic (exact) mass is 517 g/mol. The van der Waals surface area contributed by atoms with Crippen molar-refractivity contribution in [3.63, 3.8) is 0 Å².